The third kappa shape index (κ3) is 4.06. The lowest BCUT2D eigenvalue weighted by atomic mass is 10.2. The first kappa shape index (κ1) is 15.9. The number of aromatic nitrogens is 2. The first-order chi connectivity index (χ1) is 11.1. The minimum atomic E-state index is -0.339. The molecule has 3 nitrogen and oxygen atoms in total. The van der Waals surface area contributed by atoms with E-state index in [1.54, 1.807) is 18.2 Å². The summed E-state index contributed by atoms with van der Waals surface area (Å²) in [5, 5.41) is 3.51. The summed E-state index contributed by atoms with van der Waals surface area (Å²) < 4.78 is 14.4. The van der Waals surface area contributed by atoms with Crippen LogP contribution >= 0.6 is 27.5 Å². The van der Waals surface area contributed by atoms with Crippen molar-refractivity contribution in [3.8, 4) is 11.4 Å². The van der Waals surface area contributed by atoms with Crippen molar-refractivity contribution in [1.29, 1.82) is 0 Å². The van der Waals surface area contributed by atoms with Crippen molar-refractivity contribution in [3.05, 3.63) is 75.6 Å². The Morgan fingerprint density at radius 1 is 1.04 bits per heavy atom. The van der Waals surface area contributed by atoms with Gasteiger partial charge < -0.3 is 5.32 Å². The fourth-order valence-electron chi connectivity index (χ4n) is 2.09. The maximum atomic E-state index is 13.4. The number of anilines is 1. The van der Waals surface area contributed by atoms with E-state index in [0.29, 0.717) is 28.9 Å². The summed E-state index contributed by atoms with van der Waals surface area (Å²) in [5.41, 5.74) is 1.67. The van der Waals surface area contributed by atoms with Crippen LogP contribution in [0, 0.1) is 5.82 Å². The molecule has 116 valence electrons. The lowest BCUT2D eigenvalue weighted by molar-refractivity contribution is 0.628. The second kappa shape index (κ2) is 7.06. The highest BCUT2D eigenvalue weighted by Crippen LogP contribution is 2.22. The zero-order valence-corrected chi connectivity index (χ0v) is 14.3. The van der Waals surface area contributed by atoms with Crippen molar-refractivity contribution in [2.75, 3.05) is 5.32 Å². The van der Waals surface area contributed by atoms with Crippen molar-refractivity contribution in [1.82, 2.24) is 9.97 Å². The Labute approximate surface area is 146 Å². The molecule has 0 bridgehead atoms. The first-order valence-corrected chi connectivity index (χ1v) is 8.07. The molecule has 0 unspecified atom stereocenters. The predicted octanol–water partition coefficient (Wildman–Crippen LogP) is 5.31. The van der Waals surface area contributed by atoms with Crippen LogP contribution in [0.3, 0.4) is 0 Å². The van der Waals surface area contributed by atoms with Gasteiger partial charge in [0.25, 0.3) is 0 Å². The van der Waals surface area contributed by atoms with Gasteiger partial charge in [0, 0.05) is 22.6 Å². The standard InChI is InChI=1S/C17H12BrClFN3/c18-14-7-2-1-4-12(14)10-21-16-9-15(19)22-17(23-16)11-5-3-6-13(20)8-11/h1-9H,10H2,(H,21,22,23). The molecule has 0 saturated heterocycles. The summed E-state index contributed by atoms with van der Waals surface area (Å²) in [6, 6.07) is 15.7. The average molecular weight is 393 g/mol. The molecule has 1 aromatic heterocycles. The Bertz CT molecular complexity index is 842. The van der Waals surface area contributed by atoms with E-state index in [9.17, 15) is 4.39 Å². The van der Waals surface area contributed by atoms with Gasteiger partial charge in [0.2, 0.25) is 0 Å². The Morgan fingerprint density at radius 2 is 1.87 bits per heavy atom. The van der Waals surface area contributed by atoms with Gasteiger partial charge in [0.1, 0.15) is 16.8 Å². The minimum Gasteiger partial charge on any atom is -0.366 e. The number of hydrogen-bond donors (Lipinski definition) is 1. The SMILES string of the molecule is Fc1cccc(-c2nc(Cl)cc(NCc3ccccc3Br)n2)c1. The molecule has 6 heteroatoms. The summed E-state index contributed by atoms with van der Waals surface area (Å²) in [5.74, 6) is 0.625. The summed E-state index contributed by atoms with van der Waals surface area (Å²) in [7, 11) is 0. The molecule has 1 N–H and O–H groups in total. The summed E-state index contributed by atoms with van der Waals surface area (Å²) >= 11 is 9.56. The first-order valence-electron chi connectivity index (χ1n) is 6.89. The molecular formula is C17H12BrClFN3. The summed E-state index contributed by atoms with van der Waals surface area (Å²) in [4.78, 5) is 8.56. The van der Waals surface area contributed by atoms with E-state index in [1.807, 2.05) is 24.3 Å². The number of rotatable bonds is 4. The van der Waals surface area contributed by atoms with E-state index in [2.05, 4.69) is 31.2 Å². The van der Waals surface area contributed by atoms with Gasteiger partial charge in [-0.25, -0.2) is 14.4 Å². The molecule has 2 aromatic carbocycles. The molecule has 0 radical (unpaired) electrons. The van der Waals surface area contributed by atoms with Crippen LogP contribution in [-0.4, -0.2) is 9.97 Å². The van der Waals surface area contributed by atoms with Crippen LogP contribution in [0.1, 0.15) is 5.56 Å². The molecule has 0 fully saturated rings. The molecule has 1 heterocycles. The highest BCUT2D eigenvalue weighted by molar-refractivity contribution is 9.10. The lowest BCUT2D eigenvalue weighted by Crippen LogP contribution is -2.03. The lowest BCUT2D eigenvalue weighted by Gasteiger charge is -2.09. The van der Waals surface area contributed by atoms with Crippen LogP contribution in [0.2, 0.25) is 5.15 Å². The molecular weight excluding hydrogens is 381 g/mol. The van der Waals surface area contributed by atoms with Gasteiger partial charge >= 0.3 is 0 Å². The number of halogens is 3. The van der Waals surface area contributed by atoms with Crippen molar-refractivity contribution in [2.24, 2.45) is 0 Å². The summed E-state index contributed by atoms with van der Waals surface area (Å²) in [6.45, 7) is 0.581. The van der Waals surface area contributed by atoms with Gasteiger partial charge in [-0.05, 0) is 23.8 Å². The van der Waals surface area contributed by atoms with Crippen molar-refractivity contribution in [2.45, 2.75) is 6.54 Å². The number of nitrogens with one attached hydrogen (secondary N) is 1. The van der Waals surface area contributed by atoms with Crippen molar-refractivity contribution in [3.63, 3.8) is 0 Å². The largest absolute Gasteiger partial charge is 0.366 e. The fourth-order valence-corrected chi connectivity index (χ4v) is 2.70. The Hall–Kier alpha value is -1.98. The van der Waals surface area contributed by atoms with E-state index >= 15 is 0 Å². The number of nitrogens with zero attached hydrogens (tertiary/aromatic N) is 2. The van der Waals surface area contributed by atoms with Crippen LogP contribution in [-0.2, 0) is 6.54 Å². The third-order valence-electron chi connectivity index (χ3n) is 3.20. The van der Waals surface area contributed by atoms with Crippen LogP contribution in [0.5, 0.6) is 0 Å². The monoisotopic (exact) mass is 391 g/mol. The van der Waals surface area contributed by atoms with Gasteiger partial charge in [0.15, 0.2) is 5.82 Å². The number of hydrogen-bond acceptors (Lipinski definition) is 3. The molecule has 0 atom stereocenters. The summed E-state index contributed by atoms with van der Waals surface area (Å²) in [6.07, 6.45) is 0. The second-order valence-corrected chi connectivity index (χ2v) is 6.10. The molecule has 0 aliphatic heterocycles. The normalized spacial score (nSPS) is 10.6. The maximum absolute atomic E-state index is 13.4. The van der Waals surface area contributed by atoms with Gasteiger partial charge in [0.05, 0.1) is 0 Å². The Balaban J connectivity index is 1.85. The van der Waals surface area contributed by atoms with Crippen molar-refractivity contribution < 1.29 is 4.39 Å². The van der Waals surface area contributed by atoms with E-state index < -0.39 is 0 Å². The Kier molecular flexibility index (Phi) is 4.88. The minimum absolute atomic E-state index is 0.300. The molecule has 3 aromatic rings. The smallest absolute Gasteiger partial charge is 0.163 e. The van der Waals surface area contributed by atoms with Crippen LogP contribution in [0.25, 0.3) is 11.4 Å². The van der Waals surface area contributed by atoms with Crippen LogP contribution < -0.4 is 5.32 Å². The van der Waals surface area contributed by atoms with Crippen molar-refractivity contribution >= 4 is 33.3 Å². The maximum Gasteiger partial charge on any atom is 0.163 e. The highest BCUT2D eigenvalue weighted by atomic mass is 79.9. The van der Waals surface area contributed by atoms with Crippen LogP contribution in [0.4, 0.5) is 10.2 Å². The topological polar surface area (TPSA) is 37.8 Å². The average Bonchev–Trinajstić information content (AvgIpc) is 2.54. The molecule has 0 amide bonds. The van der Waals surface area contributed by atoms with E-state index in [4.69, 9.17) is 11.6 Å². The predicted molar refractivity (Wildman–Crippen MR) is 93.9 cm³/mol. The molecule has 3 rings (SSSR count). The second-order valence-electron chi connectivity index (χ2n) is 4.85. The van der Waals surface area contributed by atoms with E-state index in [0.717, 1.165) is 10.0 Å². The molecule has 0 aliphatic carbocycles. The van der Waals surface area contributed by atoms with Crippen LogP contribution in [0.15, 0.2) is 59.1 Å². The number of benzene rings is 2. The third-order valence-corrected chi connectivity index (χ3v) is 4.16. The van der Waals surface area contributed by atoms with E-state index in [1.165, 1.54) is 12.1 Å². The zero-order chi connectivity index (χ0) is 16.2. The van der Waals surface area contributed by atoms with Gasteiger partial charge in [-0.2, -0.15) is 0 Å². The van der Waals surface area contributed by atoms with Gasteiger partial charge in [-0.1, -0.05) is 57.9 Å². The highest BCUT2D eigenvalue weighted by Gasteiger charge is 2.07. The Morgan fingerprint density at radius 3 is 2.65 bits per heavy atom. The molecule has 0 aliphatic rings. The van der Waals surface area contributed by atoms with E-state index in [-0.39, 0.29) is 5.82 Å². The fraction of sp³-hybridized carbons (Fsp3) is 0.0588. The quantitative estimate of drug-likeness (QED) is 0.611. The van der Waals surface area contributed by atoms with Gasteiger partial charge in [-0.3, -0.25) is 0 Å². The molecule has 0 spiro atoms. The zero-order valence-electron chi connectivity index (χ0n) is 11.9. The molecule has 23 heavy (non-hydrogen) atoms. The van der Waals surface area contributed by atoms with Gasteiger partial charge in [-0.15, -0.1) is 0 Å². The molecule has 0 saturated carbocycles.